The van der Waals surface area contributed by atoms with Crippen LogP contribution >= 0.6 is 0 Å². The molecule has 0 spiro atoms. The maximum atomic E-state index is 11.3. The van der Waals surface area contributed by atoms with Crippen LogP contribution < -0.4 is 10.9 Å². The van der Waals surface area contributed by atoms with E-state index in [-0.39, 0.29) is 17.4 Å². The Kier molecular flexibility index (Phi) is 2.44. The topological polar surface area (TPSA) is 99.3 Å². The molecule has 0 aliphatic heterocycles. The lowest BCUT2D eigenvalue weighted by Gasteiger charge is -2.09. The van der Waals surface area contributed by atoms with E-state index in [4.69, 9.17) is 0 Å². The molecule has 7 heteroatoms. The molecule has 2 rings (SSSR count). The second kappa shape index (κ2) is 3.91. The molecule has 2 heterocycles. The lowest BCUT2D eigenvalue weighted by molar-refractivity contribution is 0.786. The SMILES string of the molecule is CC(Nc1ncc[nH]c1=O)c1ncn[nH]1. The number of nitrogens with zero attached hydrogens (tertiary/aromatic N) is 3. The van der Waals surface area contributed by atoms with Gasteiger partial charge in [-0.25, -0.2) is 9.97 Å². The molecule has 0 fully saturated rings. The fourth-order valence-corrected chi connectivity index (χ4v) is 1.15. The van der Waals surface area contributed by atoms with E-state index >= 15 is 0 Å². The Morgan fingerprint density at radius 3 is 3.00 bits per heavy atom. The number of aromatic amines is 2. The molecule has 15 heavy (non-hydrogen) atoms. The van der Waals surface area contributed by atoms with E-state index in [1.165, 1.54) is 18.7 Å². The molecule has 1 atom stereocenters. The highest BCUT2D eigenvalue weighted by atomic mass is 16.1. The molecule has 0 amide bonds. The van der Waals surface area contributed by atoms with Crippen molar-refractivity contribution in [3.05, 3.63) is 34.9 Å². The minimum atomic E-state index is -0.260. The fourth-order valence-electron chi connectivity index (χ4n) is 1.15. The third kappa shape index (κ3) is 2.01. The number of rotatable bonds is 3. The van der Waals surface area contributed by atoms with Crippen molar-refractivity contribution < 1.29 is 0 Å². The summed E-state index contributed by atoms with van der Waals surface area (Å²) >= 11 is 0. The second-order valence-electron chi connectivity index (χ2n) is 3.00. The fraction of sp³-hybridized carbons (Fsp3) is 0.250. The Labute approximate surface area is 85.0 Å². The number of nitrogens with one attached hydrogen (secondary N) is 3. The predicted octanol–water partition coefficient (Wildman–Crippen LogP) is 0.0611. The number of aromatic nitrogens is 5. The van der Waals surface area contributed by atoms with E-state index in [1.807, 2.05) is 6.92 Å². The average Bonchev–Trinajstić information content (AvgIpc) is 2.74. The summed E-state index contributed by atoms with van der Waals surface area (Å²) in [5, 5.41) is 9.36. The van der Waals surface area contributed by atoms with Crippen molar-refractivity contribution in [1.82, 2.24) is 25.1 Å². The van der Waals surface area contributed by atoms with Gasteiger partial charge in [0, 0.05) is 12.4 Å². The summed E-state index contributed by atoms with van der Waals surface area (Å²) in [5.74, 6) is 0.918. The maximum absolute atomic E-state index is 11.3. The van der Waals surface area contributed by atoms with Gasteiger partial charge in [-0.3, -0.25) is 9.89 Å². The van der Waals surface area contributed by atoms with Gasteiger partial charge in [0.1, 0.15) is 12.2 Å². The summed E-state index contributed by atoms with van der Waals surface area (Å²) < 4.78 is 0. The molecule has 0 saturated carbocycles. The molecular formula is C8H10N6O. The standard InChI is InChI=1S/C8H10N6O/c1-5(6-11-4-12-14-6)13-7-8(15)10-3-2-9-7/h2-5H,1H3,(H,9,13)(H,10,15)(H,11,12,14). The highest BCUT2D eigenvalue weighted by Crippen LogP contribution is 2.09. The summed E-state index contributed by atoms with van der Waals surface area (Å²) in [5.41, 5.74) is -0.260. The Hall–Kier alpha value is -2.18. The van der Waals surface area contributed by atoms with Gasteiger partial charge in [0.2, 0.25) is 0 Å². The summed E-state index contributed by atoms with van der Waals surface area (Å²) in [6.45, 7) is 1.86. The Morgan fingerprint density at radius 1 is 1.47 bits per heavy atom. The largest absolute Gasteiger partial charge is 0.356 e. The van der Waals surface area contributed by atoms with Gasteiger partial charge in [-0.2, -0.15) is 5.10 Å². The number of anilines is 1. The molecule has 2 aromatic rings. The molecule has 3 N–H and O–H groups in total. The number of H-pyrrole nitrogens is 2. The molecule has 2 aromatic heterocycles. The normalized spacial score (nSPS) is 12.3. The van der Waals surface area contributed by atoms with Crippen LogP contribution in [0.25, 0.3) is 0 Å². The van der Waals surface area contributed by atoms with E-state index in [1.54, 1.807) is 0 Å². The Bertz CT molecular complexity index is 476. The smallest absolute Gasteiger partial charge is 0.290 e. The van der Waals surface area contributed by atoms with E-state index in [0.717, 1.165) is 0 Å². The van der Waals surface area contributed by atoms with Crippen molar-refractivity contribution in [2.45, 2.75) is 13.0 Å². The van der Waals surface area contributed by atoms with Crippen molar-refractivity contribution in [3.63, 3.8) is 0 Å². The zero-order valence-corrected chi connectivity index (χ0v) is 8.06. The zero-order chi connectivity index (χ0) is 10.7. The first kappa shape index (κ1) is 9.38. The van der Waals surface area contributed by atoms with Crippen molar-refractivity contribution in [3.8, 4) is 0 Å². The average molecular weight is 206 g/mol. The van der Waals surface area contributed by atoms with Crippen LogP contribution in [0.2, 0.25) is 0 Å². The van der Waals surface area contributed by atoms with Crippen molar-refractivity contribution in [2.24, 2.45) is 0 Å². The summed E-state index contributed by atoms with van der Waals surface area (Å²) in [7, 11) is 0. The maximum Gasteiger partial charge on any atom is 0.290 e. The minimum Gasteiger partial charge on any atom is -0.356 e. The summed E-state index contributed by atoms with van der Waals surface area (Å²) in [6, 6.07) is -0.150. The van der Waals surface area contributed by atoms with Crippen molar-refractivity contribution in [1.29, 1.82) is 0 Å². The first-order valence-corrected chi connectivity index (χ1v) is 4.43. The van der Waals surface area contributed by atoms with E-state index in [9.17, 15) is 4.79 Å². The van der Waals surface area contributed by atoms with Crippen LogP contribution in [0, 0.1) is 0 Å². The monoisotopic (exact) mass is 206 g/mol. The lowest BCUT2D eigenvalue weighted by Crippen LogP contribution is -2.18. The first-order chi connectivity index (χ1) is 7.27. The van der Waals surface area contributed by atoms with Crippen LogP contribution in [-0.4, -0.2) is 25.1 Å². The Balaban J connectivity index is 2.16. The molecule has 0 bridgehead atoms. The van der Waals surface area contributed by atoms with E-state index in [0.29, 0.717) is 5.82 Å². The molecular weight excluding hydrogens is 196 g/mol. The first-order valence-electron chi connectivity index (χ1n) is 4.43. The molecule has 7 nitrogen and oxygen atoms in total. The van der Waals surface area contributed by atoms with Gasteiger partial charge in [0.05, 0.1) is 6.04 Å². The van der Waals surface area contributed by atoms with Gasteiger partial charge < -0.3 is 10.3 Å². The van der Waals surface area contributed by atoms with Crippen LogP contribution in [0.15, 0.2) is 23.5 Å². The lowest BCUT2D eigenvalue weighted by atomic mass is 10.3. The predicted molar refractivity (Wildman–Crippen MR) is 53.3 cm³/mol. The number of hydrogen-bond acceptors (Lipinski definition) is 5. The zero-order valence-electron chi connectivity index (χ0n) is 8.06. The molecule has 0 radical (unpaired) electrons. The van der Waals surface area contributed by atoms with Crippen LogP contribution in [0.3, 0.4) is 0 Å². The molecule has 0 aliphatic rings. The molecule has 78 valence electrons. The molecule has 1 unspecified atom stereocenters. The van der Waals surface area contributed by atoms with Crippen molar-refractivity contribution in [2.75, 3.05) is 5.32 Å². The highest BCUT2D eigenvalue weighted by molar-refractivity contribution is 5.32. The summed E-state index contributed by atoms with van der Waals surface area (Å²) in [4.78, 5) is 21.7. The van der Waals surface area contributed by atoms with Crippen LogP contribution in [0.1, 0.15) is 18.8 Å². The number of hydrogen-bond donors (Lipinski definition) is 3. The van der Waals surface area contributed by atoms with Gasteiger partial charge in [0.25, 0.3) is 5.56 Å². The van der Waals surface area contributed by atoms with Gasteiger partial charge in [-0.1, -0.05) is 0 Å². The van der Waals surface area contributed by atoms with Crippen LogP contribution in [0.4, 0.5) is 5.82 Å². The van der Waals surface area contributed by atoms with Gasteiger partial charge in [-0.05, 0) is 6.92 Å². The molecule has 0 aromatic carbocycles. The highest BCUT2D eigenvalue weighted by Gasteiger charge is 2.10. The Morgan fingerprint density at radius 2 is 2.33 bits per heavy atom. The van der Waals surface area contributed by atoms with Crippen LogP contribution in [-0.2, 0) is 0 Å². The summed E-state index contributed by atoms with van der Waals surface area (Å²) in [6.07, 6.45) is 4.40. The third-order valence-corrected chi connectivity index (χ3v) is 1.90. The molecule has 0 saturated heterocycles. The van der Waals surface area contributed by atoms with Gasteiger partial charge in [-0.15, -0.1) is 0 Å². The van der Waals surface area contributed by atoms with Gasteiger partial charge >= 0.3 is 0 Å². The van der Waals surface area contributed by atoms with Crippen molar-refractivity contribution >= 4 is 5.82 Å². The second-order valence-corrected chi connectivity index (χ2v) is 3.00. The van der Waals surface area contributed by atoms with Crippen LogP contribution in [0.5, 0.6) is 0 Å². The third-order valence-electron chi connectivity index (χ3n) is 1.90. The minimum absolute atomic E-state index is 0.150. The van der Waals surface area contributed by atoms with E-state index < -0.39 is 0 Å². The van der Waals surface area contributed by atoms with E-state index in [2.05, 4.69) is 30.5 Å². The molecule has 0 aliphatic carbocycles. The van der Waals surface area contributed by atoms with Gasteiger partial charge in [0.15, 0.2) is 5.82 Å². The quantitative estimate of drug-likeness (QED) is 0.659.